The van der Waals surface area contributed by atoms with Gasteiger partial charge >= 0.3 is 0 Å². The molecule has 1 amide bonds. The van der Waals surface area contributed by atoms with E-state index >= 15 is 0 Å². The first-order chi connectivity index (χ1) is 11.2. The van der Waals surface area contributed by atoms with E-state index in [1.54, 1.807) is 6.07 Å². The molecule has 0 unspecified atom stereocenters. The Hall–Kier alpha value is -1.36. The molecule has 1 aromatic heterocycles. The maximum absolute atomic E-state index is 12.4. The van der Waals surface area contributed by atoms with Gasteiger partial charge in [0.25, 0.3) is 5.91 Å². The van der Waals surface area contributed by atoms with Crippen molar-refractivity contribution in [2.45, 2.75) is 44.1 Å². The molecule has 4 aliphatic carbocycles. The van der Waals surface area contributed by atoms with E-state index < -0.39 is 0 Å². The van der Waals surface area contributed by atoms with Crippen molar-refractivity contribution in [1.82, 2.24) is 15.0 Å². The smallest absolute Gasteiger partial charge is 0.276 e. The third kappa shape index (κ3) is 2.24. The molecular formula is C18H25N3O2. The predicted molar refractivity (Wildman–Crippen MR) is 84.9 cm³/mol. The number of rotatable bonds is 2. The van der Waals surface area contributed by atoms with Crippen molar-refractivity contribution in [3.05, 3.63) is 18.0 Å². The lowest BCUT2D eigenvalue weighted by molar-refractivity contribution is -0.0987. The predicted octanol–water partition coefficient (Wildman–Crippen LogP) is 2.40. The second-order valence-corrected chi connectivity index (χ2v) is 8.31. The number of amides is 1. The van der Waals surface area contributed by atoms with Crippen LogP contribution in [0.25, 0.3) is 0 Å². The Morgan fingerprint density at radius 2 is 1.65 bits per heavy atom. The van der Waals surface area contributed by atoms with Gasteiger partial charge < -0.3 is 9.42 Å². The Bertz CT molecular complexity index is 554. The highest BCUT2D eigenvalue weighted by atomic mass is 16.5. The molecule has 1 saturated heterocycles. The minimum Gasteiger partial charge on any atom is -0.364 e. The standard InChI is InChI=1S/C18H25N3O2/c22-17(16-1-6-23-19-16)20-2-4-21(5-3-20)18-10-13-7-14(11-18)9-15(8-13)12-18/h1,6,13-15H,2-5,7-12H2. The molecule has 2 heterocycles. The zero-order valence-electron chi connectivity index (χ0n) is 13.6. The van der Waals surface area contributed by atoms with Gasteiger partial charge in [0, 0.05) is 37.8 Å². The highest BCUT2D eigenvalue weighted by molar-refractivity contribution is 5.92. The second kappa shape index (κ2) is 5.07. The van der Waals surface area contributed by atoms with Crippen LogP contribution in [0.4, 0.5) is 0 Å². The van der Waals surface area contributed by atoms with Gasteiger partial charge in [-0.2, -0.15) is 0 Å². The van der Waals surface area contributed by atoms with E-state index in [0.29, 0.717) is 11.2 Å². The van der Waals surface area contributed by atoms with E-state index in [0.717, 1.165) is 43.9 Å². The molecule has 5 nitrogen and oxygen atoms in total. The number of aromatic nitrogens is 1. The second-order valence-electron chi connectivity index (χ2n) is 8.31. The average Bonchev–Trinajstić information content (AvgIpc) is 3.07. The third-order valence-corrected chi connectivity index (χ3v) is 6.90. The van der Waals surface area contributed by atoms with E-state index in [-0.39, 0.29) is 5.91 Å². The Balaban J connectivity index is 1.27. The number of hydrogen-bond donors (Lipinski definition) is 0. The summed E-state index contributed by atoms with van der Waals surface area (Å²) in [5, 5.41) is 3.79. The molecule has 5 heteroatoms. The Morgan fingerprint density at radius 1 is 1.04 bits per heavy atom. The quantitative estimate of drug-likeness (QED) is 0.841. The molecule has 0 aromatic carbocycles. The van der Waals surface area contributed by atoms with Gasteiger partial charge in [-0.05, 0) is 56.3 Å². The lowest BCUT2D eigenvalue weighted by Gasteiger charge is -2.61. The van der Waals surface area contributed by atoms with Gasteiger partial charge in [0.05, 0.1) is 0 Å². The number of hydrogen-bond acceptors (Lipinski definition) is 4. The first-order valence-electron chi connectivity index (χ1n) is 9.17. The molecule has 0 atom stereocenters. The highest BCUT2D eigenvalue weighted by Crippen LogP contribution is 2.57. The van der Waals surface area contributed by atoms with Crippen LogP contribution in [-0.2, 0) is 0 Å². The van der Waals surface area contributed by atoms with Gasteiger partial charge in [-0.25, -0.2) is 0 Å². The first kappa shape index (κ1) is 14.0. The van der Waals surface area contributed by atoms with Gasteiger partial charge in [-0.15, -0.1) is 0 Å². The maximum atomic E-state index is 12.4. The van der Waals surface area contributed by atoms with Crippen molar-refractivity contribution in [3.8, 4) is 0 Å². The van der Waals surface area contributed by atoms with Gasteiger partial charge in [-0.1, -0.05) is 5.16 Å². The number of carbonyl (C=O) groups excluding carboxylic acids is 1. The molecule has 1 aliphatic heterocycles. The van der Waals surface area contributed by atoms with Crippen LogP contribution in [-0.4, -0.2) is 52.6 Å². The molecule has 4 bridgehead atoms. The van der Waals surface area contributed by atoms with Crippen LogP contribution in [0.1, 0.15) is 49.0 Å². The van der Waals surface area contributed by atoms with E-state index in [1.807, 2.05) is 4.90 Å². The number of carbonyl (C=O) groups is 1. The van der Waals surface area contributed by atoms with Crippen molar-refractivity contribution in [3.63, 3.8) is 0 Å². The fraction of sp³-hybridized carbons (Fsp3) is 0.778. The molecule has 4 saturated carbocycles. The van der Waals surface area contributed by atoms with Crippen LogP contribution in [0.3, 0.4) is 0 Å². The summed E-state index contributed by atoms with van der Waals surface area (Å²) in [6, 6.07) is 1.66. The van der Waals surface area contributed by atoms with E-state index in [1.165, 1.54) is 44.8 Å². The summed E-state index contributed by atoms with van der Waals surface area (Å²) >= 11 is 0. The van der Waals surface area contributed by atoms with Gasteiger partial charge in [0.2, 0.25) is 0 Å². The lowest BCUT2D eigenvalue weighted by Crippen LogP contribution is -2.64. The van der Waals surface area contributed by atoms with Gasteiger partial charge in [0.1, 0.15) is 6.26 Å². The Kier molecular flexibility index (Phi) is 3.09. The Morgan fingerprint density at radius 3 is 2.17 bits per heavy atom. The monoisotopic (exact) mass is 315 g/mol. The van der Waals surface area contributed by atoms with Gasteiger partial charge in [0.15, 0.2) is 5.69 Å². The Labute approximate surface area is 137 Å². The first-order valence-corrected chi connectivity index (χ1v) is 9.17. The van der Waals surface area contributed by atoms with Crippen LogP contribution in [0, 0.1) is 17.8 Å². The van der Waals surface area contributed by atoms with Gasteiger partial charge in [-0.3, -0.25) is 9.69 Å². The maximum Gasteiger partial charge on any atom is 0.276 e. The number of nitrogens with zero attached hydrogens (tertiary/aromatic N) is 3. The molecule has 0 N–H and O–H groups in total. The zero-order chi connectivity index (χ0) is 15.4. The molecular weight excluding hydrogens is 290 g/mol. The SMILES string of the molecule is O=C(c1ccon1)N1CCN(C23CC4CC(CC(C4)C2)C3)CC1. The molecule has 0 spiro atoms. The van der Waals surface area contributed by atoms with E-state index in [9.17, 15) is 4.79 Å². The van der Waals surface area contributed by atoms with Crippen molar-refractivity contribution < 1.29 is 9.32 Å². The summed E-state index contributed by atoms with van der Waals surface area (Å²) in [6.45, 7) is 3.70. The van der Waals surface area contributed by atoms with Crippen LogP contribution in [0.15, 0.2) is 16.9 Å². The van der Waals surface area contributed by atoms with Crippen LogP contribution < -0.4 is 0 Å². The minimum atomic E-state index is 0.0175. The van der Waals surface area contributed by atoms with Crippen molar-refractivity contribution >= 4 is 5.91 Å². The summed E-state index contributed by atoms with van der Waals surface area (Å²) in [4.78, 5) is 17.1. The fourth-order valence-electron chi connectivity index (χ4n) is 6.32. The topological polar surface area (TPSA) is 49.6 Å². The molecule has 6 rings (SSSR count). The average molecular weight is 315 g/mol. The summed E-state index contributed by atoms with van der Waals surface area (Å²) in [5.41, 5.74) is 0.908. The van der Waals surface area contributed by atoms with Crippen molar-refractivity contribution in [1.29, 1.82) is 0 Å². The van der Waals surface area contributed by atoms with E-state index in [4.69, 9.17) is 4.52 Å². The zero-order valence-corrected chi connectivity index (χ0v) is 13.6. The summed E-state index contributed by atoms with van der Waals surface area (Å²) in [6.07, 6.45) is 10.2. The molecule has 5 aliphatic rings. The summed E-state index contributed by atoms with van der Waals surface area (Å²) in [7, 11) is 0. The van der Waals surface area contributed by atoms with Crippen LogP contribution >= 0.6 is 0 Å². The lowest BCUT2D eigenvalue weighted by atomic mass is 9.52. The molecule has 0 radical (unpaired) electrons. The molecule has 124 valence electrons. The molecule has 1 aromatic rings. The molecule has 23 heavy (non-hydrogen) atoms. The largest absolute Gasteiger partial charge is 0.364 e. The third-order valence-electron chi connectivity index (χ3n) is 6.90. The summed E-state index contributed by atoms with van der Waals surface area (Å²) in [5.74, 6) is 2.96. The van der Waals surface area contributed by atoms with E-state index in [2.05, 4.69) is 10.1 Å². The minimum absolute atomic E-state index is 0.0175. The normalized spacial score (nSPS) is 39.8. The van der Waals surface area contributed by atoms with Crippen LogP contribution in [0.2, 0.25) is 0 Å². The van der Waals surface area contributed by atoms with Crippen LogP contribution in [0.5, 0.6) is 0 Å². The molecule has 5 fully saturated rings. The van der Waals surface area contributed by atoms with Crippen molar-refractivity contribution in [2.75, 3.05) is 26.2 Å². The number of piperazine rings is 1. The highest BCUT2D eigenvalue weighted by Gasteiger charge is 2.53. The fourth-order valence-corrected chi connectivity index (χ4v) is 6.32. The van der Waals surface area contributed by atoms with Crippen molar-refractivity contribution in [2.24, 2.45) is 17.8 Å². The summed E-state index contributed by atoms with van der Waals surface area (Å²) < 4.78 is 4.80.